The first-order valence-electron chi connectivity index (χ1n) is 9.40. The van der Waals surface area contributed by atoms with Crippen LogP contribution in [0.15, 0.2) is 36.5 Å². The lowest BCUT2D eigenvalue weighted by Crippen LogP contribution is -2.44. The molecule has 2 aliphatic rings. The zero-order chi connectivity index (χ0) is 16.6. The van der Waals surface area contributed by atoms with Gasteiger partial charge in [0, 0.05) is 31.9 Å². The number of piperidine rings is 1. The molecule has 0 spiro atoms. The molecule has 0 bridgehead atoms. The van der Waals surface area contributed by atoms with Crippen molar-refractivity contribution in [2.75, 3.05) is 13.1 Å². The Morgan fingerprint density at radius 3 is 2.67 bits per heavy atom. The number of pyridine rings is 1. The van der Waals surface area contributed by atoms with E-state index in [0.717, 1.165) is 38.2 Å². The zero-order valence-electron chi connectivity index (χ0n) is 14.5. The summed E-state index contributed by atoms with van der Waals surface area (Å²) in [5, 5.41) is 3.17. The van der Waals surface area contributed by atoms with Gasteiger partial charge in [0.25, 0.3) is 0 Å². The molecule has 1 saturated carbocycles. The summed E-state index contributed by atoms with van der Waals surface area (Å²) in [5.74, 6) is 0.702. The minimum Gasteiger partial charge on any atom is -0.350 e. The molecular weight excluding hydrogens is 298 g/mol. The largest absolute Gasteiger partial charge is 0.350 e. The van der Waals surface area contributed by atoms with Crippen LogP contribution in [-0.2, 0) is 11.3 Å². The number of aromatic nitrogens is 1. The number of rotatable bonds is 5. The molecular formula is C20H29N3O. The Morgan fingerprint density at radius 1 is 1.17 bits per heavy atom. The lowest BCUT2D eigenvalue weighted by atomic mass is 9.89. The maximum absolute atomic E-state index is 12.1. The molecule has 0 aromatic carbocycles. The number of hydrogen-bond donors (Lipinski definition) is 1. The van der Waals surface area contributed by atoms with Gasteiger partial charge in [0.2, 0.25) is 5.91 Å². The summed E-state index contributed by atoms with van der Waals surface area (Å²) in [6.07, 6.45) is 14.3. The van der Waals surface area contributed by atoms with Gasteiger partial charge in [-0.3, -0.25) is 14.7 Å². The van der Waals surface area contributed by atoms with E-state index in [1.807, 2.05) is 18.3 Å². The average molecular weight is 327 g/mol. The summed E-state index contributed by atoms with van der Waals surface area (Å²) < 4.78 is 0. The Balaban J connectivity index is 1.37. The first kappa shape index (κ1) is 17.2. The molecule has 24 heavy (non-hydrogen) atoms. The van der Waals surface area contributed by atoms with Crippen molar-refractivity contribution >= 4 is 5.91 Å². The van der Waals surface area contributed by atoms with Crippen LogP contribution in [-0.4, -0.2) is 34.9 Å². The highest BCUT2D eigenvalue weighted by Gasteiger charge is 2.20. The van der Waals surface area contributed by atoms with Gasteiger partial charge in [0.15, 0.2) is 0 Å². The third-order valence-electron chi connectivity index (χ3n) is 5.22. The maximum atomic E-state index is 12.1. The van der Waals surface area contributed by atoms with E-state index in [1.165, 1.54) is 32.1 Å². The molecule has 1 aliphatic heterocycles. The van der Waals surface area contributed by atoms with Crippen LogP contribution in [0.2, 0.25) is 0 Å². The topological polar surface area (TPSA) is 45.2 Å². The van der Waals surface area contributed by atoms with E-state index >= 15 is 0 Å². The predicted octanol–water partition coefficient (Wildman–Crippen LogP) is 3.30. The fourth-order valence-electron chi connectivity index (χ4n) is 3.76. The molecule has 1 saturated heterocycles. The van der Waals surface area contributed by atoms with Crippen LogP contribution in [0.5, 0.6) is 0 Å². The van der Waals surface area contributed by atoms with E-state index in [2.05, 4.69) is 27.3 Å². The summed E-state index contributed by atoms with van der Waals surface area (Å²) in [4.78, 5) is 18.9. The fraction of sp³-hybridized carbons (Fsp3) is 0.600. The third-order valence-corrected chi connectivity index (χ3v) is 5.22. The highest BCUT2D eigenvalue weighted by molar-refractivity contribution is 5.87. The first-order valence-corrected chi connectivity index (χ1v) is 9.40. The van der Waals surface area contributed by atoms with Gasteiger partial charge in [-0.05, 0) is 49.8 Å². The molecule has 1 aromatic rings. The molecule has 1 N–H and O–H groups in total. The minimum absolute atomic E-state index is 0.0868. The van der Waals surface area contributed by atoms with E-state index < -0.39 is 0 Å². The van der Waals surface area contributed by atoms with Crippen molar-refractivity contribution in [1.29, 1.82) is 0 Å². The maximum Gasteiger partial charge on any atom is 0.243 e. The molecule has 2 heterocycles. The SMILES string of the molecule is O=C(/C=C/C1CCCCC1)NC1CCN(Cc2ccccn2)CC1. The number of nitrogens with zero attached hydrogens (tertiary/aromatic N) is 2. The number of amides is 1. The van der Waals surface area contributed by atoms with Crippen LogP contribution >= 0.6 is 0 Å². The first-order chi connectivity index (χ1) is 11.8. The second-order valence-corrected chi connectivity index (χ2v) is 7.14. The van der Waals surface area contributed by atoms with Crippen molar-refractivity contribution in [2.24, 2.45) is 5.92 Å². The van der Waals surface area contributed by atoms with Crippen molar-refractivity contribution in [3.05, 3.63) is 42.2 Å². The van der Waals surface area contributed by atoms with Crippen LogP contribution in [0.4, 0.5) is 0 Å². The van der Waals surface area contributed by atoms with Crippen molar-refractivity contribution < 1.29 is 4.79 Å². The van der Waals surface area contributed by atoms with E-state index in [4.69, 9.17) is 0 Å². The Bertz CT molecular complexity index is 529. The van der Waals surface area contributed by atoms with Crippen LogP contribution in [0, 0.1) is 5.92 Å². The Morgan fingerprint density at radius 2 is 1.96 bits per heavy atom. The minimum atomic E-state index is 0.0868. The summed E-state index contributed by atoms with van der Waals surface area (Å²) in [6, 6.07) is 6.37. The highest BCUT2D eigenvalue weighted by atomic mass is 16.1. The number of nitrogens with one attached hydrogen (secondary N) is 1. The second kappa shape index (κ2) is 8.97. The van der Waals surface area contributed by atoms with Gasteiger partial charge < -0.3 is 5.32 Å². The fourth-order valence-corrected chi connectivity index (χ4v) is 3.76. The van der Waals surface area contributed by atoms with E-state index in [1.54, 1.807) is 6.08 Å². The van der Waals surface area contributed by atoms with Crippen LogP contribution in [0.1, 0.15) is 50.6 Å². The Kier molecular flexibility index (Phi) is 6.41. The Labute approximate surface area is 145 Å². The van der Waals surface area contributed by atoms with Crippen LogP contribution in [0.3, 0.4) is 0 Å². The van der Waals surface area contributed by atoms with E-state index in [-0.39, 0.29) is 5.91 Å². The summed E-state index contributed by atoms with van der Waals surface area (Å²) in [7, 11) is 0. The lowest BCUT2D eigenvalue weighted by molar-refractivity contribution is -0.117. The van der Waals surface area contributed by atoms with Crippen molar-refractivity contribution in [3.63, 3.8) is 0 Å². The van der Waals surface area contributed by atoms with Gasteiger partial charge in [0.1, 0.15) is 0 Å². The standard InChI is InChI=1S/C20H29N3O/c24-20(10-9-17-6-2-1-3-7-17)22-18-11-14-23(15-12-18)16-19-8-4-5-13-21-19/h4-5,8-10,13,17-18H,1-3,6-7,11-12,14-16H2,(H,22,24)/b10-9+. The Hall–Kier alpha value is -1.68. The molecule has 4 heteroatoms. The second-order valence-electron chi connectivity index (χ2n) is 7.14. The average Bonchev–Trinajstić information content (AvgIpc) is 2.63. The number of carbonyl (C=O) groups excluding carboxylic acids is 1. The lowest BCUT2D eigenvalue weighted by Gasteiger charge is -2.31. The summed E-state index contributed by atoms with van der Waals surface area (Å²) in [6.45, 7) is 2.95. The van der Waals surface area contributed by atoms with Gasteiger partial charge in [-0.2, -0.15) is 0 Å². The van der Waals surface area contributed by atoms with Crippen molar-refractivity contribution in [1.82, 2.24) is 15.2 Å². The molecule has 3 rings (SSSR count). The normalized spacial score (nSPS) is 21.2. The molecule has 1 amide bonds. The van der Waals surface area contributed by atoms with E-state index in [9.17, 15) is 4.79 Å². The van der Waals surface area contributed by atoms with Gasteiger partial charge in [-0.1, -0.05) is 31.4 Å². The number of hydrogen-bond acceptors (Lipinski definition) is 3. The molecule has 0 atom stereocenters. The molecule has 130 valence electrons. The third kappa shape index (κ3) is 5.45. The molecule has 4 nitrogen and oxygen atoms in total. The smallest absolute Gasteiger partial charge is 0.243 e. The number of likely N-dealkylation sites (tertiary alicyclic amines) is 1. The van der Waals surface area contributed by atoms with Crippen LogP contribution < -0.4 is 5.32 Å². The van der Waals surface area contributed by atoms with Gasteiger partial charge in [-0.25, -0.2) is 0 Å². The zero-order valence-corrected chi connectivity index (χ0v) is 14.5. The molecule has 1 aliphatic carbocycles. The number of allylic oxidation sites excluding steroid dienone is 1. The summed E-state index contributed by atoms with van der Waals surface area (Å²) in [5.41, 5.74) is 1.12. The van der Waals surface area contributed by atoms with Gasteiger partial charge in [-0.15, -0.1) is 0 Å². The quantitative estimate of drug-likeness (QED) is 0.844. The predicted molar refractivity (Wildman–Crippen MR) is 96.4 cm³/mol. The number of carbonyl (C=O) groups is 1. The van der Waals surface area contributed by atoms with Gasteiger partial charge >= 0.3 is 0 Å². The molecule has 0 radical (unpaired) electrons. The van der Waals surface area contributed by atoms with Crippen LogP contribution in [0.25, 0.3) is 0 Å². The van der Waals surface area contributed by atoms with Gasteiger partial charge in [0.05, 0.1) is 5.69 Å². The monoisotopic (exact) mass is 327 g/mol. The highest BCUT2D eigenvalue weighted by Crippen LogP contribution is 2.24. The molecule has 1 aromatic heterocycles. The molecule has 0 unspecified atom stereocenters. The summed E-state index contributed by atoms with van der Waals surface area (Å²) >= 11 is 0. The molecule has 2 fully saturated rings. The van der Waals surface area contributed by atoms with E-state index in [0.29, 0.717) is 12.0 Å². The van der Waals surface area contributed by atoms with Crippen molar-refractivity contribution in [2.45, 2.75) is 57.5 Å². The van der Waals surface area contributed by atoms with Crippen molar-refractivity contribution in [3.8, 4) is 0 Å².